The van der Waals surface area contributed by atoms with Crippen LogP contribution in [-0.4, -0.2) is 30.4 Å². The zero-order chi connectivity index (χ0) is 23.0. The molecule has 166 valence electrons. The minimum absolute atomic E-state index is 0.136. The molecule has 0 spiro atoms. The molecule has 3 heterocycles. The predicted octanol–water partition coefficient (Wildman–Crippen LogP) is 5.11. The van der Waals surface area contributed by atoms with Gasteiger partial charge in [-0.2, -0.15) is 5.10 Å². The minimum atomic E-state index is -0.641. The third-order valence-electron chi connectivity index (χ3n) is 7.63. The van der Waals surface area contributed by atoms with E-state index in [0.717, 1.165) is 35.6 Å². The summed E-state index contributed by atoms with van der Waals surface area (Å²) < 4.78 is 28.9. The van der Waals surface area contributed by atoms with Gasteiger partial charge in [0.05, 0.1) is 28.1 Å². The van der Waals surface area contributed by atoms with Gasteiger partial charge in [0.1, 0.15) is 23.2 Å². The molecule has 6 rings (SSSR count). The van der Waals surface area contributed by atoms with Crippen molar-refractivity contribution in [1.82, 2.24) is 30.4 Å². The lowest BCUT2D eigenvalue weighted by molar-refractivity contribution is 0.243. The van der Waals surface area contributed by atoms with Gasteiger partial charge in [0.25, 0.3) is 0 Å². The summed E-state index contributed by atoms with van der Waals surface area (Å²) in [7, 11) is 0. The molecule has 6 nitrogen and oxygen atoms in total. The summed E-state index contributed by atoms with van der Waals surface area (Å²) in [5, 5.41) is 17.1. The molecule has 0 aliphatic heterocycles. The second-order valence-electron chi connectivity index (χ2n) is 9.52. The first-order valence-electron chi connectivity index (χ1n) is 11.0. The second-order valence-corrected chi connectivity index (χ2v) is 9.52. The molecule has 1 fully saturated rings. The first-order chi connectivity index (χ1) is 15.8. The van der Waals surface area contributed by atoms with Crippen LogP contribution < -0.4 is 0 Å². The van der Waals surface area contributed by atoms with E-state index in [2.05, 4.69) is 39.2 Å². The smallest absolute Gasteiger partial charge is 0.179 e. The van der Waals surface area contributed by atoms with Crippen molar-refractivity contribution in [3.63, 3.8) is 0 Å². The van der Waals surface area contributed by atoms with Crippen molar-refractivity contribution < 1.29 is 8.78 Å². The quantitative estimate of drug-likeness (QED) is 0.475. The van der Waals surface area contributed by atoms with Gasteiger partial charge in [0.15, 0.2) is 5.82 Å². The van der Waals surface area contributed by atoms with Gasteiger partial charge in [0, 0.05) is 0 Å². The summed E-state index contributed by atoms with van der Waals surface area (Å²) >= 11 is 0. The van der Waals surface area contributed by atoms with Crippen LogP contribution in [0.3, 0.4) is 0 Å². The average Bonchev–Trinajstić information content (AvgIpc) is 3.40. The van der Waals surface area contributed by atoms with Crippen molar-refractivity contribution in [2.24, 2.45) is 5.41 Å². The number of aromatic amines is 1. The first kappa shape index (κ1) is 20.1. The minimum Gasteiger partial charge on any atom is -0.324 e. The Hall–Kier alpha value is -3.55. The molecule has 2 atom stereocenters. The van der Waals surface area contributed by atoms with Crippen LogP contribution >= 0.6 is 0 Å². The highest BCUT2D eigenvalue weighted by Crippen LogP contribution is 2.69. The number of nitrogens with zero attached hydrogens (tertiary/aromatic N) is 5. The number of aromatic nitrogens is 6. The Balaban J connectivity index is 1.53. The van der Waals surface area contributed by atoms with Gasteiger partial charge < -0.3 is 4.98 Å². The van der Waals surface area contributed by atoms with Gasteiger partial charge in [0.2, 0.25) is 0 Å². The van der Waals surface area contributed by atoms with Crippen LogP contribution in [-0.2, 0) is 5.41 Å². The number of aryl methyl sites for hydroxylation is 1. The first-order valence-corrected chi connectivity index (χ1v) is 11.0. The largest absolute Gasteiger partial charge is 0.324 e. The van der Waals surface area contributed by atoms with Crippen LogP contribution in [0.2, 0.25) is 0 Å². The fourth-order valence-electron chi connectivity index (χ4n) is 6.02. The maximum atomic E-state index is 14.4. The average molecular weight is 444 g/mol. The Kier molecular flexibility index (Phi) is 4.09. The normalized spacial score (nSPS) is 22.5. The lowest BCUT2D eigenvalue weighted by Gasteiger charge is -2.37. The number of H-pyrrole nitrogens is 1. The molecule has 0 unspecified atom stereocenters. The highest BCUT2D eigenvalue weighted by molar-refractivity contribution is 5.64. The number of rotatable bonds is 3. The van der Waals surface area contributed by atoms with Crippen LogP contribution in [0.5, 0.6) is 0 Å². The third-order valence-corrected chi connectivity index (χ3v) is 7.63. The number of halogens is 2. The Morgan fingerprint density at radius 2 is 1.70 bits per heavy atom. The van der Waals surface area contributed by atoms with E-state index in [1.165, 1.54) is 18.2 Å². The summed E-state index contributed by atoms with van der Waals surface area (Å²) in [6.07, 6.45) is 1.82. The molecule has 33 heavy (non-hydrogen) atoms. The molecule has 1 N–H and O–H groups in total. The summed E-state index contributed by atoms with van der Waals surface area (Å²) in [4.78, 5) is 8.13. The second kappa shape index (κ2) is 6.73. The van der Waals surface area contributed by atoms with E-state index in [-0.39, 0.29) is 22.6 Å². The molecule has 1 aromatic carbocycles. The monoisotopic (exact) mass is 444 g/mol. The van der Waals surface area contributed by atoms with E-state index in [1.54, 1.807) is 0 Å². The number of hydrogen-bond donors (Lipinski definition) is 1. The lowest BCUT2D eigenvalue weighted by atomic mass is 9.66. The molecular weight excluding hydrogens is 422 g/mol. The predicted molar refractivity (Wildman–Crippen MR) is 118 cm³/mol. The van der Waals surface area contributed by atoms with Gasteiger partial charge in [-0.05, 0) is 67.0 Å². The SMILES string of the molecule is Cc1nnc(-c2cccc([C@]34CC[C@@H](c5cc(-c6c(F)cccc6F)nnc53)C4(C)C)n2)[nH]1. The van der Waals surface area contributed by atoms with E-state index >= 15 is 0 Å². The Bertz CT molecular complexity index is 1390. The van der Waals surface area contributed by atoms with Gasteiger partial charge >= 0.3 is 0 Å². The molecule has 0 saturated heterocycles. The summed E-state index contributed by atoms with van der Waals surface area (Å²) in [6, 6.07) is 11.6. The molecule has 1 saturated carbocycles. The zero-order valence-corrected chi connectivity index (χ0v) is 18.5. The molecule has 2 aliphatic rings. The van der Waals surface area contributed by atoms with E-state index < -0.39 is 17.0 Å². The van der Waals surface area contributed by atoms with Crippen LogP contribution in [0, 0.1) is 24.0 Å². The summed E-state index contributed by atoms with van der Waals surface area (Å²) in [6.45, 7) is 6.30. The van der Waals surface area contributed by atoms with Crippen molar-refractivity contribution in [1.29, 1.82) is 0 Å². The number of pyridine rings is 1. The van der Waals surface area contributed by atoms with Crippen molar-refractivity contribution in [3.8, 4) is 22.8 Å². The highest BCUT2D eigenvalue weighted by atomic mass is 19.1. The number of benzene rings is 1. The fourth-order valence-corrected chi connectivity index (χ4v) is 6.02. The topological polar surface area (TPSA) is 80.2 Å². The maximum absolute atomic E-state index is 14.4. The third kappa shape index (κ3) is 2.60. The highest BCUT2D eigenvalue weighted by Gasteiger charge is 2.65. The van der Waals surface area contributed by atoms with Crippen molar-refractivity contribution >= 4 is 0 Å². The van der Waals surface area contributed by atoms with Crippen LogP contribution in [0.1, 0.15) is 55.4 Å². The van der Waals surface area contributed by atoms with Crippen molar-refractivity contribution in [3.05, 3.63) is 76.9 Å². The standard InChI is InChI=1S/C25H22F2N6/c1-13-28-23(33-30-13)18-8-5-9-20(29-18)25-11-10-15(24(25,2)3)14-12-19(31-32-22(14)25)21-16(26)6-4-7-17(21)27/h4-9,12,15H,10-11H2,1-3H3,(H,28,30,33)/t15-,25+/m0/s1. The molecule has 0 radical (unpaired) electrons. The molecule has 3 aromatic heterocycles. The van der Waals surface area contributed by atoms with Crippen molar-refractivity contribution in [2.45, 2.75) is 44.9 Å². The summed E-state index contributed by atoms with van der Waals surface area (Å²) in [5.74, 6) is 0.250. The number of fused-ring (bicyclic) bond motifs is 5. The van der Waals surface area contributed by atoms with Crippen LogP contribution in [0.4, 0.5) is 8.78 Å². The molecule has 0 amide bonds. The van der Waals surface area contributed by atoms with E-state index in [0.29, 0.717) is 11.5 Å². The Labute approximate surface area is 189 Å². The van der Waals surface area contributed by atoms with Gasteiger partial charge in [-0.1, -0.05) is 26.0 Å². The van der Waals surface area contributed by atoms with E-state index in [1.807, 2.05) is 31.2 Å². The van der Waals surface area contributed by atoms with Crippen molar-refractivity contribution in [2.75, 3.05) is 0 Å². The molecule has 2 aliphatic carbocycles. The van der Waals surface area contributed by atoms with Gasteiger partial charge in [-0.15, -0.1) is 15.3 Å². The molecular formula is C25H22F2N6. The van der Waals surface area contributed by atoms with Gasteiger partial charge in [-0.25, -0.2) is 13.8 Å². The van der Waals surface area contributed by atoms with E-state index in [4.69, 9.17) is 4.98 Å². The molecule has 8 heteroatoms. The number of nitrogens with one attached hydrogen (secondary N) is 1. The zero-order valence-electron chi connectivity index (χ0n) is 18.5. The van der Waals surface area contributed by atoms with Gasteiger partial charge in [-0.3, -0.25) is 0 Å². The number of hydrogen-bond acceptors (Lipinski definition) is 5. The Morgan fingerprint density at radius 3 is 2.42 bits per heavy atom. The van der Waals surface area contributed by atoms with Crippen LogP contribution in [0.25, 0.3) is 22.8 Å². The summed E-state index contributed by atoms with van der Waals surface area (Å²) in [5.41, 5.74) is 2.92. The Morgan fingerprint density at radius 1 is 0.939 bits per heavy atom. The fraction of sp³-hybridized carbons (Fsp3) is 0.320. The lowest BCUT2D eigenvalue weighted by Crippen LogP contribution is -2.37. The molecule has 4 aromatic rings. The molecule has 2 bridgehead atoms. The van der Waals surface area contributed by atoms with E-state index in [9.17, 15) is 8.78 Å². The maximum Gasteiger partial charge on any atom is 0.179 e. The van der Waals surface area contributed by atoms with Crippen LogP contribution in [0.15, 0.2) is 42.5 Å².